The maximum atomic E-state index is 12.0. The molecule has 0 aromatic carbocycles. The lowest BCUT2D eigenvalue weighted by atomic mass is 10.3. The SMILES string of the molecule is Cc1nn(CC(=O)Nc2nc(CC(N)=O)cs2)c(C)c1[N+](=O)[O-]. The van der Waals surface area contributed by atoms with E-state index in [1.165, 1.54) is 18.5 Å². The van der Waals surface area contributed by atoms with Crippen LogP contribution in [0.5, 0.6) is 0 Å². The summed E-state index contributed by atoms with van der Waals surface area (Å²) in [6.07, 6.45) is -0.00394. The minimum Gasteiger partial charge on any atom is -0.369 e. The Morgan fingerprint density at radius 1 is 1.48 bits per heavy atom. The first-order chi connectivity index (χ1) is 10.8. The molecule has 122 valence electrons. The molecule has 3 N–H and O–H groups in total. The molecule has 10 nitrogen and oxygen atoms in total. The average molecular weight is 338 g/mol. The summed E-state index contributed by atoms with van der Waals surface area (Å²) >= 11 is 1.16. The molecule has 0 saturated carbocycles. The molecule has 0 aliphatic rings. The number of nitrogens with two attached hydrogens (primary N) is 1. The van der Waals surface area contributed by atoms with Gasteiger partial charge in [0.25, 0.3) is 0 Å². The highest BCUT2D eigenvalue weighted by atomic mass is 32.1. The maximum absolute atomic E-state index is 12.0. The molecule has 2 amide bonds. The van der Waals surface area contributed by atoms with Crippen molar-refractivity contribution in [1.29, 1.82) is 0 Å². The number of hydrogen-bond acceptors (Lipinski definition) is 7. The molecule has 0 aliphatic carbocycles. The number of thiazole rings is 1. The Morgan fingerprint density at radius 3 is 2.74 bits per heavy atom. The van der Waals surface area contributed by atoms with Gasteiger partial charge in [0.15, 0.2) is 5.13 Å². The Bertz CT molecular complexity index is 781. The molecule has 2 aromatic heterocycles. The van der Waals surface area contributed by atoms with Crippen LogP contribution in [-0.2, 0) is 22.6 Å². The van der Waals surface area contributed by atoms with Crippen molar-refractivity contribution in [2.24, 2.45) is 5.73 Å². The van der Waals surface area contributed by atoms with Gasteiger partial charge in [-0.3, -0.25) is 24.4 Å². The number of anilines is 1. The predicted octanol–water partition coefficient (Wildman–Crippen LogP) is 0.531. The number of amides is 2. The van der Waals surface area contributed by atoms with Gasteiger partial charge in [0, 0.05) is 5.38 Å². The normalized spacial score (nSPS) is 10.5. The topological polar surface area (TPSA) is 146 Å². The van der Waals surface area contributed by atoms with Crippen molar-refractivity contribution in [3.05, 3.63) is 32.6 Å². The van der Waals surface area contributed by atoms with Crippen LogP contribution >= 0.6 is 11.3 Å². The zero-order valence-electron chi connectivity index (χ0n) is 12.4. The third-order valence-corrected chi connectivity index (χ3v) is 3.78. The zero-order valence-corrected chi connectivity index (χ0v) is 13.2. The van der Waals surface area contributed by atoms with E-state index in [4.69, 9.17) is 5.73 Å². The van der Waals surface area contributed by atoms with Crippen LogP contribution in [0.1, 0.15) is 17.1 Å². The van der Waals surface area contributed by atoms with Gasteiger partial charge in [-0.25, -0.2) is 4.98 Å². The van der Waals surface area contributed by atoms with Crippen molar-refractivity contribution in [3.63, 3.8) is 0 Å². The molecule has 0 atom stereocenters. The number of nitrogens with one attached hydrogen (secondary N) is 1. The first-order valence-corrected chi connectivity index (χ1v) is 7.37. The van der Waals surface area contributed by atoms with Crippen molar-refractivity contribution in [3.8, 4) is 0 Å². The molecule has 0 bridgehead atoms. The molecule has 0 radical (unpaired) electrons. The van der Waals surface area contributed by atoms with Gasteiger partial charge in [0.05, 0.1) is 17.0 Å². The van der Waals surface area contributed by atoms with E-state index in [9.17, 15) is 19.7 Å². The molecule has 0 spiro atoms. The van der Waals surface area contributed by atoms with Crippen LogP contribution in [-0.4, -0.2) is 31.5 Å². The fourth-order valence-corrected chi connectivity index (χ4v) is 2.75. The van der Waals surface area contributed by atoms with E-state index in [1.807, 2.05) is 0 Å². The molecule has 0 saturated heterocycles. The predicted molar refractivity (Wildman–Crippen MR) is 82.0 cm³/mol. The quantitative estimate of drug-likeness (QED) is 0.580. The average Bonchev–Trinajstić information content (AvgIpc) is 2.94. The number of hydrogen-bond donors (Lipinski definition) is 2. The van der Waals surface area contributed by atoms with E-state index in [-0.39, 0.29) is 24.3 Å². The summed E-state index contributed by atoms with van der Waals surface area (Å²) in [6.45, 7) is 2.86. The molecule has 2 rings (SSSR count). The number of nitro groups is 1. The van der Waals surface area contributed by atoms with Crippen LogP contribution in [0.2, 0.25) is 0 Å². The number of carbonyl (C=O) groups excluding carboxylic acids is 2. The van der Waals surface area contributed by atoms with Crippen molar-refractivity contribution < 1.29 is 14.5 Å². The van der Waals surface area contributed by atoms with Crippen LogP contribution in [0.15, 0.2) is 5.38 Å². The molecule has 2 aromatic rings. The van der Waals surface area contributed by atoms with Gasteiger partial charge in [0.2, 0.25) is 11.8 Å². The minimum atomic E-state index is -0.525. The van der Waals surface area contributed by atoms with E-state index >= 15 is 0 Å². The van der Waals surface area contributed by atoms with Crippen molar-refractivity contribution in [2.45, 2.75) is 26.8 Å². The first kappa shape index (κ1) is 16.5. The second-order valence-corrected chi connectivity index (χ2v) is 5.63. The van der Waals surface area contributed by atoms with Crippen LogP contribution in [0.25, 0.3) is 0 Å². The summed E-state index contributed by atoms with van der Waals surface area (Å²) in [5.41, 5.74) is 5.99. The van der Waals surface area contributed by atoms with Gasteiger partial charge in [-0.2, -0.15) is 5.10 Å². The molecular formula is C12H14N6O4S. The Morgan fingerprint density at radius 2 is 2.17 bits per heavy atom. The number of rotatable bonds is 6. The summed E-state index contributed by atoms with van der Waals surface area (Å²) in [5, 5.41) is 19.4. The Kier molecular flexibility index (Phi) is 4.69. The van der Waals surface area contributed by atoms with E-state index in [0.29, 0.717) is 16.5 Å². The fourth-order valence-electron chi connectivity index (χ4n) is 2.02. The summed E-state index contributed by atoms with van der Waals surface area (Å²) < 4.78 is 1.26. The molecule has 0 fully saturated rings. The third-order valence-electron chi connectivity index (χ3n) is 2.97. The number of nitrogens with zero attached hydrogens (tertiary/aromatic N) is 4. The van der Waals surface area contributed by atoms with Crippen LogP contribution in [0.4, 0.5) is 10.8 Å². The van der Waals surface area contributed by atoms with E-state index in [1.54, 1.807) is 5.38 Å². The highest BCUT2D eigenvalue weighted by Gasteiger charge is 2.22. The fraction of sp³-hybridized carbons (Fsp3) is 0.333. The summed E-state index contributed by atoms with van der Waals surface area (Å²) in [5.74, 6) is -0.936. The van der Waals surface area contributed by atoms with Gasteiger partial charge in [-0.1, -0.05) is 0 Å². The smallest absolute Gasteiger partial charge is 0.312 e. The summed E-state index contributed by atoms with van der Waals surface area (Å²) in [7, 11) is 0. The second-order valence-electron chi connectivity index (χ2n) is 4.77. The zero-order chi connectivity index (χ0) is 17.1. The van der Waals surface area contributed by atoms with Gasteiger partial charge >= 0.3 is 5.69 Å². The Labute approximate surface area is 134 Å². The maximum Gasteiger partial charge on any atom is 0.312 e. The lowest BCUT2D eigenvalue weighted by molar-refractivity contribution is -0.386. The van der Waals surface area contributed by atoms with Crippen molar-refractivity contribution in [2.75, 3.05) is 5.32 Å². The van der Waals surface area contributed by atoms with Crippen molar-refractivity contribution in [1.82, 2.24) is 14.8 Å². The van der Waals surface area contributed by atoms with Crippen LogP contribution < -0.4 is 11.1 Å². The Hall–Kier alpha value is -2.82. The Balaban J connectivity index is 2.05. The van der Waals surface area contributed by atoms with E-state index < -0.39 is 16.7 Å². The molecular weight excluding hydrogens is 324 g/mol. The highest BCUT2D eigenvalue weighted by Crippen LogP contribution is 2.22. The molecule has 23 heavy (non-hydrogen) atoms. The monoisotopic (exact) mass is 338 g/mol. The highest BCUT2D eigenvalue weighted by molar-refractivity contribution is 7.13. The lowest BCUT2D eigenvalue weighted by Gasteiger charge is -2.03. The van der Waals surface area contributed by atoms with Crippen molar-refractivity contribution >= 4 is 34.0 Å². The van der Waals surface area contributed by atoms with E-state index in [2.05, 4.69) is 15.4 Å². The lowest BCUT2D eigenvalue weighted by Crippen LogP contribution is -2.20. The van der Waals surface area contributed by atoms with Gasteiger partial charge in [-0.15, -0.1) is 11.3 Å². The second kappa shape index (κ2) is 6.52. The van der Waals surface area contributed by atoms with E-state index in [0.717, 1.165) is 11.3 Å². The summed E-state index contributed by atoms with van der Waals surface area (Å²) in [4.78, 5) is 37.2. The molecule has 2 heterocycles. The third kappa shape index (κ3) is 3.88. The molecule has 0 aliphatic heterocycles. The van der Waals surface area contributed by atoms with Gasteiger partial charge < -0.3 is 11.1 Å². The largest absolute Gasteiger partial charge is 0.369 e. The molecule has 0 unspecified atom stereocenters. The number of carbonyl (C=O) groups is 2. The number of aromatic nitrogens is 3. The first-order valence-electron chi connectivity index (χ1n) is 6.49. The van der Waals surface area contributed by atoms with Crippen LogP contribution in [0, 0.1) is 24.0 Å². The summed E-state index contributed by atoms with van der Waals surface area (Å²) in [6, 6.07) is 0. The van der Waals surface area contributed by atoms with Gasteiger partial charge in [0.1, 0.15) is 17.9 Å². The molecule has 11 heteroatoms. The standard InChI is InChI=1S/C12H14N6O4S/c1-6-11(18(21)22)7(2)17(16-6)4-10(20)15-12-14-8(5-23-12)3-9(13)19/h5H,3-4H2,1-2H3,(H2,13,19)(H,14,15,20). The number of aryl methyl sites for hydroxylation is 1. The minimum absolute atomic E-state index is 0.00394. The number of primary amides is 1. The van der Waals surface area contributed by atoms with Crippen LogP contribution in [0.3, 0.4) is 0 Å². The van der Waals surface area contributed by atoms with Gasteiger partial charge in [-0.05, 0) is 13.8 Å².